The number of fused-ring (bicyclic) bond motifs is 1. The van der Waals surface area contributed by atoms with E-state index >= 15 is 0 Å². The molecule has 21 heavy (non-hydrogen) atoms. The Hall–Kier alpha value is -1.81. The standard InChI is InChI=1S/C17H16FNOS/c18-13-5-3-4-12(10-13)11-17(20)19-15-8-9-21-16-7-2-1-6-14(15)16/h1-7,10,15H,8-9,11H2,(H,19,20). The molecule has 0 aromatic heterocycles. The molecule has 1 aliphatic heterocycles. The Balaban J connectivity index is 1.68. The van der Waals surface area contributed by atoms with E-state index in [0.29, 0.717) is 5.56 Å². The maximum Gasteiger partial charge on any atom is 0.224 e. The van der Waals surface area contributed by atoms with Crippen LogP contribution in [-0.4, -0.2) is 11.7 Å². The number of amides is 1. The second-order valence-corrected chi connectivity index (χ2v) is 6.24. The molecule has 0 spiro atoms. The zero-order valence-corrected chi connectivity index (χ0v) is 12.3. The van der Waals surface area contributed by atoms with Crippen LogP contribution in [-0.2, 0) is 11.2 Å². The summed E-state index contributed by atoms with van der Waals surface area (Å²) in [4.78, 5) is 13.4. The Bertz CT molecular complexity index is 659. The van der Waals surface area contributed by atoms with Crippen molar-refractivity contribution < 1.29 is 9.18 Å². The van der Waals surface area contributed by atoms with Gasteiger partial charge in [0.2, 0.25) is 5.91 Å². The molecule has 1 unspecified atom stereocenters. The van der Waals surface area contributed by atoms with Gasteiger partial charge in [0.05, 0.1) is 12.5 Å². The summed E-state index contributed by atoms with van der Waals surface area (Å²) in [6.45, 7) is 0. The molecule has 3 rings (SSSR count). The lowest BCUT2D eigenvalue weighted by Crippen LogP contribution is -2.31. The first-order chi connectivity index (χ1) is 10.2. The largest absolute Gasteiger partial charge is 0.349 e. The minimum absolute atomic E-state index is 0.0588. The first-order valence-electron chi connectivity index (χ1n) is 6.98. The molecule has 1 atom stereocenters. The summed E-state index contributed by atoms with van der Waals surface area (Å²) in [5, 5.41) is 3.07. The second kappa shape index (κ2) is 6.31. The van der Waals surface area contributed by atoms with Gasteiger partial charge in [0, 0.05) is 10.6 Å². The zero-order valence-electron chi connectivity index (χ0n) is 11.5. The summed E-state index contributed by atoms with van der Waals surface area (Å²) in [6.07, 6.45) is 1.14. The Morgan fingerprint density at radius 2 is 2.10 bits per heavy atom. The van der Waals surface area contributed by atoms with Gasteiger partial charge in [-0.05, 0) is 35.7 Å². The average molecular weight is 301 g/mol. The number of benzene rings is 2. The lowest BCUT2D eigenvalue weighted by molar-refractivity contribution is -0.121. The minimum atomic E-state index is -0.306. The Morgan fingerprint density at radius 3 is 2.95 bits per heavy atom. The van der Waals surface area contributed by atoms with E-state index in [1.165, 1.54) is 22.6 Å². The lowest BCUT2D eigenvalue weighted by atomic mass is 10.0. The highest BCUT2D eigenvalue weighted by Gasteiger charge is 2.21. The van der Waals surface area contributed by atoms with Gasteiger partial charge in [-0.3, -0.25) is 4.79 Å². The highest BCUT2D eigenvalue weighted by molar-refractivity contribution is 7.99. The molecule has 0 aliphatic carbocycles. The second-order valence-electron chi connectivity index (χ2n) is 5.10. The molecule has 1 amide bonds. The van der Waals surface area contributed by atoms with Gasteiger partial charge in [-0.1, -0.05) is 30.3 Å². The summed E-state index contributed by atoms with van der Waals surface area (Å²) in [6, 6.07) is 14.4. The molecule has 4 heteroatoms. The molecule has 0 bridgehead atoms. The van der Waals surface area contributed by atoms with E-state index in [9.17, 15) is 9.18 Å². The fourth-order valence-electron chi connectivity index (χ4n) is 2.57. The van der Waals surface area contributed by atoms with Crippen LogP contribution >= 0.6 is 11.8 Å². The number of hydrogen-bond acceptors (Lipinski definition) is 2. The third-order valence-corrected chi connectivity index (χ3v) is 4.67. The normalized spacial score (nSPS) is 17.1. The number of rotatable bonds is 3. The molecule has 1 heterocycles. The van der Waals surface area contributed by atoms with Gasteiger partial charge in [0.25, 0.3) is 0 Å². The summed E-state index contributed by atoms with van der Waals surface area (Å²) < 4.78 is 13.1. The topological polar surface area (TPSA) is 29.1 Å². The van der Waals surface area contributed by atoms with Crippen LogP contribution in [0.25, 0.3) is 0 Å². The van der Waals surface area contributed by atoms with E-state index in [1.807, 2.05) is 23.9 Å². The number of thioether (sulfide) groups is 1. The molecule has 1 N–H and O–H groups in total. The van der Waals surface area contributed by atoms with E-state index in [0.717, 1.165) is 12.2 Å². The van der Waals surface area contributed by atoms with Crippen molar-refractivity contribution in [2.75, 3.05) is 5.75 Å². The van der Waals surface area contributed by atoms with Crippen molar-refractivity contribution in [2.45, 2.75) is 23.8 Å². The van der Waals surface area contributed by atoms with Crippen molar-refractivity contribution in [3.8, 4) is 0 Å². The van der Waals surface area contributed by atoms with Crippen molar-refractivity contribution >= 4 is 17.7 Å². The third kappa shape index (κ3) is 3.45. The first kappa shape index (κ1) is 14.1. The SMILES string of the molecule is O=C(Cc1cccc(F)c1)NC1CCSc2ccccc21. The van der Waals surface area contributed by atoms with Crippen LogP contribution in [0.4, 0.5) is 4.39 Å². The van der Waals surface area contributed by atoms with Gasteiger partial charge in [0.15, 0.2) is 0 Å². The van der Waals surface area contributed by atoms with Crippen LogP contribution < -0.4 is 5.32 Å². The summed E-state index contributed by atoms with van der Waals surface area (Å²) in [7, 11) is 0. The number of nitrogens with one attached hydrogen (secondary N) is 1. The van der Waals surface area contributed by atoms with Crippen LogP contribution in [0, 0.1) is 5.82 Å². The monoisotopic (exact) mass is 301 g/mol. The van der Waals surface area contributed by atoms with Gasteiger partial charge >= 0.3 is 0 Å². The smallest absolute Gasteiger partial charge is 0.224 e. The van der Waals surface area contributed by atoms with Crippen LogP contribution in [0.15, 0.2) is 53.4 Å². The van der Waals surface area contributed by atoms with Gasteiger partial charge < -0.3 is 5.32 Å². The average Bonchev–Trinajstić information content (AvgIpc) is 2.47. The quantitative estimate of drug-likeness (QED) is 0.936. The molecule has 0 fully saturated rings. The van der Waals surface area contributed by atoms with Gasteiger partial charge in [0.1, 0.15) is 5.82 Å². The van der Waals surface area contributed by atoms with Crippen molar-refractivity contribution in [1.82, 2.24) is 5.32 Å². The van der Waals surface area contributed by atoms with E-state index in [4.69, 9.17) is 0 Å². The highest BCUT2D eigenvalue weighted by atomic mass is 32.2. The van der Waals surface area contributed by atoms with Crippen molar-refractivity contribution in [3.63, 3.8) is 0 Å². The Labute approximate surface area is 127 Å². The molecule has 2 aromatic rings. The van der Waals surface area contributed by atoms with Crippen molar-refractivity contribution in [3.05, 3.63) is 65.5 Å². The summed E-state index contributed by atoms with van der Waals surface area (Å²) in [5.41, 5.74) is 1.88. The molecular formula is C17H16FNOS. The van der Waals surface area contributed by atoms with Gasteiger partial charge in [-0.2, -0.15) is 0 Å². The molecule has 0 radical (unpaired) electrons. The summed E-state index contributed by atoms with van der Waals surface area (Å²) >= 11 is 1.82. The third-order valence-electron chi connectivity index (χ3n) is 3.55. The molecule has 0 saturated heterocycles. The number of halogens is 1. The van der Waals surface area contributed by atoms with Crippen LogP contribution in [0.1, 0.15) is 23.6 Å². The molecule has 2 aromatic carbocycles. The van der Waals surface area contributed by atoms with Crippen molar-refractivity contribution in [2.24, 2.45) is 0 Å². The van der Waals surface area contributed by atoms with Gasteiger partial charge in [-0.15, -0.1) is 11.8 Å². The fraction of sp³-hybridized carbons (Fsp3) is 0.235. The molecule has 108 valence electrons. The van der Waals surface area contributed by atoms with E-state index in [-0.39, 0.29) is 24.2 Å². The predicted octanol–water partition coefficient (Wildman–Crippen LogP) is 3.72. The first-order valence-corrected chi connectivity index (χ1v) is 7.96. The van der Waals surface area contributed by atoms with E-state index in [1.54, 1.807) is 12.1 Å². The Morgan fingerprint density at radius 1 is 1.24 bits per heavy atom. The highest BCUT2D eigenvalue weighted by Crippen LogP contribution is 2.35. The number of carbonyl (C=O) groups is 1. The predicted molar refractivity (Wildman–Crippen MR) is 82.8 cm³/mol. The summed E-state index contributed by atoms with van der Waals surface area (Å²) in [5.74, 6) is 0.633. The fourth-order valence-corrected chi connectivity index (χ4v) is 3.69. The zero-order chi connectivity index (χ0) is 14.7. The lowest BCUT2D eigenvalue weighted by Gasteiger charge is -2.25. The maximum absolute atomic E-state index is 13.1. The maximum atomic E-state index is 13.1. The molecular weight excluding hydrogens is 285 g/mol. The molecule has 2 nitrogen and oxygen atoms in total. The van der Waals surface area contributed by atoms with Crippen LogP contribution in [0.5, 0.6) is 0 Å². The van der Waals surface area contributed by atoms with Crippen molar-refractivity contribution in [1.29, 1.82) is 0 Å². The molecule has 0 saturated carbocycles. The van der Waals surface area contributed by atoms with Crippen LogP contribution in [0.2, 0.25) is 0 Å². The van der Waals surface area contributed by atoms with Crippen LogP contribution in [0.3, 0.4) is 0 Å². The minimum Gasteiger partial charge on any atom is -0.349 e. The van der Waals surface area contributed by atoms with Gasteiger partial charge in [-0.25, -0.2) is 4.39 Å². The number of carbonyl (C=O) groups excluding carboxylic acids is 1. The molecule has 1 aliphatic rings. The Kier molecular flexibility index (Phi) is 4.25. The number of hydrogen-bond donors (Lipinski definition) is 1. The van der Waals surface area contributed by atoms with E-state index in [2.05, 4.69) is 17.4 Å². The van der Waals surface area contributed by atoms with E-state index < -0.39 is 0 Å².